The van der Waals surface area contributed by atoms with Crippen LogP contribution in [0.15, 0.2) is 54.6 Å². The number of piperazine rings is 1. The van der Waals surface area contributed by atoms with Crippen LogP contribution in [0.1, 0.15) is 49.1 Å². The van der Waals surface area contributed by atoms with Gasteiger partial charge in [0.1, 0.15) is 12.4 Å². The summed E-state index contributed by atoms with van der Waals surface area (Å²) >= 11 is 0. The second kappa shape index (κ2) is 12.7. The molecular weight excluding hydrogens is 431 g/mol. The molecule has 1 aliphatic heterocycles. The van der Waals surface area contributed by atoms with Crippen molar-refractivity contribution in [2.75, 3.05) is 32.7 Å². The highest BCUT2D eigenvalue weighted by molar-refractivity contribution is 5.85. The van der Waals surface area contributed by atoms with E-state index in [2.05, 4.69) is 46.6 Å². The summed E-state index contributed by atoms with van der Waals surface area (Å²) in [6.07, 6.45) is 5.33. The predicted molar refractivity (Wildman–Crippen MR) is 132 cm³/mol. The lowest BCUT2D eigenvalue weighted by Crippen LogP contribution is -2.49. The van der Waals surface area contributed by atoms with Gasteiger partial charge in [0, 0.05) is 38.6 Å². The molecule has 1 saturated carbocycles. The molecule has 2 aliphatic rings. The molecule has 1 heterocycles. The lowest BCUT2D eigenvalue weighted by molar-refractivity contribution is -0.0316. The fourth-order valence-electron chi connectivity index (χ4n) is 4.79. The predicted octanol–water partition coefficient (Wildman–Crippen LogP) is 4.79. The Morgan fingerprint density at radius 1 is 0.903 bits per heavy atom. The molecule has 2 aromatic rings. The Morgan fingerprint density at radius 2 is 1.55 bits per heavy atom. The van der Waals surface area contributed by atoms with E-state index >= 15 is 0 Å². The zero-order chi connectivity index (χ0) is 19.9. The summed E-state index contributed by atoms with van der Waals surface area (Å²) in [4.78, 5) is 2.51. The topological polar surface area (TPSA) is 44.7 Å². The van der Waals surface area contributed by atoms with E-state index in [0.717, 1.165) is 64.2 Å². The summed E-state index contributed by atoms with van der Waals surface area (Å²) in [5.74, 6) is 1.04. The first-order valence-corrected chi connectivity index (χ1v) is 11.2. The first kappa shape index (κ1) is 26.0. The van der Waals surface area contributed by atoms with Crippen molar-refractivity contribution in [3.8, 4) is 5.75 Å². The highest BCUT2D eigenvalue weighted by Crippen LogP contribution is 2.41. The number of nitrogens with zero attached hydrogens (tertiary/aromatic N) is 1. The Balaban J connectivity index is 0.00000171. The van der Waals surface area contributed by atoms with Crippen LogP contribution in [0.5, 0.6) is 5.75 Å². The normalized spacial score (nSPS) is 19.5. The Hall–Kier alpha value is -1.30. The van der Waals surface area contributed by atoms with Gasteiger partial charge in [-0.15, -0.1) is 24.8 Å². The molecule has 0 spiro atoms. The highest BCUT2D eigenvalue weighted by Gasteiger charge is 2.39. The largest absolute Gasteiger partial charge is 0.489 e. The SMILES string of the molecule is Cl.Cl.OC1(C(CN2CCNCC2)c2ccc(OCc3ccccc3)cc2)CCCCC1. The fraction of sp³-hybridized carbons (Fsp3) is 0.520. The van der Waals surface area contributed by atoms with E-state index in [1.54, 1.807) is 0 Å². The lowest BCUT2D eigenvalue weighted by atomic mass is 9.72. The van der Waals surface area contributed by atoms with Gasteiger partial charge in [-0.2, -0.15) is 0 Å². The number of halogens is 2. The second-order valence-electron chi connectivity index (χ2n) is 8.61. The maximum Gasteiger partial charge on any atom is 0.119 e. The van der Waals surface area contributed by atoms with E-state index in [-0.39, 0.29) is 30.7 Å². The van der Waals surface area contributed by atoms with Crippen LogP contribution in [-0.2, 0) is 6.61 Å². The van der Waals surface area contributed by atoms with E-state index in [1.807, 2.05) is 18.2 Å². The zero-order valence-corrected chi connectivity index (χ0v) is 19.8. The van der Waals surface area contributed by atoms with Crippen molar-refractivity contribution in [2.45, 2.75) is 50.2 Å². The Bertz CT molecular complexity index is 746. The van der Waals surface area contributed by atoms with Crippen molar-refractivity contribution in [2.24, 2.45) is 0 Å². The standard InChI is InChI=1S/C25H34N2O2.2ClH/c28-25(13-5-2-6-14-25)24(19-27-17-15-26-16-18-27)22-9-11-23(12-10-22)29-20-21-7-3-1-4-8-21;;/h1,3-4,7-12,24,26,28H,2,5-6,13-20H2;2*1H. The molecule has 2 aromatic carbocycles. The van der Waals surface area contributed by atoms with Crippen LogP contribution in [-0.4, -0.2) is 48.3 Å². The molecule has 1 unspecified atom stereocenters. The molecule has 0 aromatic heterocycles. The van der Waals surface area contributed by atoms with Crippen LogP contribution in [0.3, 0.4) is 0 Å². The van der Waals surface area contributed by atoms with E-state index in [1.165, 1.54) is 17.5 Å². The molecule has 0 amide bonds. The Morgan fingerprint density at radius 3 is 2.19 bits per heavy atom. The fourth-order valence-corrected chi connectivity index (χ4v) is 4.79. The number of ether oxygens (including phenoxy) is 1. The molecule has 31 heavy (non-hydrogen) atoms. The quantitative estimate of drug-likeness (QED) is 0.615. The minimum Gasteiger partial charge on any atom is -0.489 e. The minimum atomic E-state index is -0.588. The summed E-state index contributed by atoms with van der Waals surface area (Å²) in [7, 11) is 0. The van der Waals surface area contributed by atoms with E-state index < -0.39 is 5.60 Å². The maximum atomic E-state index is 11.6. The van der Waals surface area contributed by atoms with Crippen LogP contribution in [0, 0.1) is 0 Å². The van der Waals surface area contributed by atoms with Crippen LogP contribution < -0.4 is 10.1 Å². The van der Waals surface area contributed by atoms with Crippen LogP contribution in [0.4, 0.5) is 0 Å². The number of rotatable bonds is 7. The number of nitrogens with one attached hydrogen (secondary N) is 1. The molecule has 1 atom stereocenters. The first-order valence-electron chi connectivity index (χ1n) is 11.2. The number of hydrogen-bond donors (Lipinski definition) is 2. The molecule has 1 aliphatic carbocycles. The van der Waals surface area contributed by atoms with Crippen LogP contribution >= 0.6 is 24.8 Å². The molecule has 2 fully saturated rings. The van der Waals surface area contributed by atoms with Gasteiger partial charge in [0.25, 0.3) is 0 Å². The highest BCUT2D eigenvalue weighted by atomic mass is 35.5. The van der Waals surface area contributed by atoms with Gasteiger partial charge >= 0.3 is 0 Å². The molecule has 172 valence electrons. The van der Waals surface area contributed by atoms with Gasteiger partial charge in [0.05, 0.1) is 5.60 Å². The van der Waals surface area contributed by atoms with Gasteiger partial charge in [-0.1, -0.05) is 61.7 Å². The van der Waals surface area contributed by atoms with Gasteiger partial charge in [-0.3, -0.25) is 0 Å². The molecule has 1 saturated heterocycles. The van der Waals surface area contributed by atoms with Crippen molar-refractivity contribution < 1.29 is 9.84 Å². The van der Waals surface area contributed by atoms with Gasteiger partial charge in [0.15, 0.2) is 0 Å². The van der Waals surface area contributed by atoms with E-state index in [9.17, 15) is 5.11 Å². The van der Waals surface area contributed by atoms with Crippen molar-refractivity contribution in [3.05, 3.63) is 65.7 Å². The average molecular weight is 467 g/mol. The monoisotopic (exact) mass is 466 g/mol. The number of aliphatic hydroxyl groups is 1. The molecule has 4 rings (SSSR count). The van der Waals surface area contributed by atoms with Crippen molar-refractivity contribution in [1.82, 2.24) is 10.2 Å². The summed E-state index contributed by atoms with van der Waals surface area (Å²) in [6, 6.07) is 18.7. The third-order valence-electron chi connectivity index (χ3n) is 6.55. The summed E-state index contributed by atoms with van der Waals surface area (Å²) in [6.45, 7) is 5.71. The van der Waals surface area contributed by atoms with Gasteiger partial charge in [0.2, 0.25) is 0 Å². The Kier molecular flexibility index (Phi) is 10.6. The summed E-state index contributed by atoms with van der Waals surface area (Å²) < 4.78 is 5.97. The zero-order valence-electron chi connectivity index (χ0n) is 18.2. The van der Waals surface area contributed by atoms with E-state index in [0.29, 0.717) is 6.61 Å². The maximum absolute atomic E-state index is 11.6. The summed E-state index contributed by atoms with van der Waals surface area (Å²) in [5, 5.41) is 15.0. The molecule has 6 heteroatoms. The summed E-state index contributed by atoms with van der Waals surface area (Å²) in [5.41, 5.74) is 1.82. The molecule has 0 radical (unpaired) electrons. The van der Waals surface area contributed by atoms with Crippen molar-refractivity contribution in [3.63, 3.8) is 0 Å². The lowest BCUT2D eigenvalue weighted by Gasteiger charge is -2.42. The third-order valence-corrected chi connectivity index (χ3v) is 6.55. The minimum absolute atomic E-state index is 0. The van der Waals surface area contributed by atoms with E-state index in [4.69, 9.17) is 4.74 Å². The molecule has 4 nitrogen and oxygen atoms in total. The average Bonchev–Trinajstić information content (AvgIpc) is 2.78. The third kappa shape index (κ3) is 7.10. The van der Waals surface area contributed by atoms with Crippen molar-refractivity contribution in [1.29, 1.82) is 0 Å². The molecule has 0 bridgehead atoms. The first-order chi connectivity index (χ1) is 14.2. The van der Waals surface area contributed by atoms with Crippen molar-refractivity contribution >= 4 is 24.8 Å². The van der Waals surface area contributed by atoms with Gasteiger partial charge in [-0.05, 0) is 36.1 Å². The van der Waals surface area contributed by atoms with Crippen LogP contribution in [0.2, 0.25) is 0 Å². The molecule has 2 N–H and O–H groups in total. The molecular formula is C25H36Cl2N2O2. The number of benzene rings is 2. The number of hydrogen-bond acceptors (Lipinski definition) is 4. The van der Waals surface area contributed by atoms with Gasteiger partial charge in [-0.25, -0.2) is 0 Å². The smallest absolute Gasteiger partial charge is 0.119 e. The van der Waals surface area contributed by atoms with Crippen LogP contribution in [0.25, 0.3) is 0 Å². The second-order valence-corrected chi connectivity index (χ2v) is 8.61. The van der Waals surface area contributed by atoms with Gasteiger partial charge < -0.3 is 20.1 Å². The Labute approximate surface area is 199 Å².